The molecule has 0 radical (unpaired) electrons. The number of anilines is 1. The van der Waals surface area contributed by atoms with E-state index in [0.29, 0.717) is 18.5 Å². The van der Waals surface area contributed by atoms with Gasteiger partial charge in [-0.3, -0.25) is 4.79 Å². The Morgan fingerprint density at radius 1 is 1.09 bits per heavy atom. The third kappa shape index (κ3) is 7.24. The number of carbonyl (C=O) groups excluding carboxylic acids is 1. The summed E-state index contributed by atoms with van der Waals surface area (Å²) < 4.78 is 58.7. The first-order valence-electron chi connectivity index (χ1n) is 10.8. The molecule has 1 fully saturated rings. The predicted molar refractivity (Wildman–Crippen MR) is 124 cm³/mol. The summed E-state index contributed by atoms with van der Waals surface area (Å²) in [5, 5.41) is 2.72. The van der Waals surface area contributed by atoms with Gasteiger partial charge in [-0.15, -0.1) is 0 Å². The molecule has 2 atom stereocenters. The van der Waals surface area contributed by atoms with E-state index in [-0.39, 0.29) is 49.1 Å². The fraction of sp³-hybridized carbons (Fsp3) is 0.667. The van der Waals surface area contributed by atoms with Crippen LogP contribution >= 0.6 is 0 Å². The summed E-state index contributed by atoms with van der Waals surface area (Å²) in [5.74, 6) is -0.258. The van der Waals surface area contributed by atoms with Crippen LogP contribution in [0.25, 0.3) is 0 Å². The summed E-state index contributed by atoms with van der Waals surface area (Å²) in [7, 11) is -7.10. The van der Waals surface area contributed by atoms with E-state index in [1.165, 1.54) is 16.4 Å². The van der Waals surface area contributed by atoms with Gasteiger partial charge in [0.25, 0.3) is 0 Å². The minimum Gasteiger partial charge on any atom is -0.373 e. The van der Waals surface area contributed by atoms with Crippen molar-refractivity contribution in [3.05, 3.63) is 24.3 Å². The van der Waals surface area contributed by atoms with Crippen molar-refractivity contribution in [1.82, 2.24) is 9.03 Å². The van der Waals surface area contributed by atoms with E-state index in [4.69, 9.17) is 4.74 Å². The van der Waals surface area contributed by atoms with E-state index in [1.54, 1.807) is 32.9 Å². The fourth-order valence-electron chi connectivity index (χ4n) is 3.27. The van der Waals surface area contributed by atoms with Crippen LogP contribution in [0.5, 0.6) is 0 Å². The van der Waals surface area contributed by atoms with Gasteiger partial charge < -0.3 is 10.1 Å². The van der Waals surface area contributed by atoms with Gasteiger partial charge in [0, 0.05) is 31.7 Å². The molecule has 2 unspecified atom stereocenters. The number of nitrogens with one attached hydrogen (secondary N) is 2. The molecular weight excluding hydrogens is 454 g/mol. The van der Waals surface area contributed by atoms with Crippen LogP contribution in [0.4, 0.5) is 5.69 Å². The molecule has 11 heteroatoms. The lowest BCUT2D eigenvalue weighted by atomic mass is 10.2. The summed E-state index contributed by atoms with van der Waals surface area (Å²) in [6.07, 6.45) is 0.839. The Morgan fingerprint density at radius 2 is 1.72 bits per heavy atom. The van der Waals surface area contributed by atoms with Gasteiger partial charge >= 0.3 is 0 Å². The number of hydrogen-bond acceptors (Lipinski definition) is 6. The molecule has 0 aliphatic carbocycles. The lowest BCUT2D eigenvalue weighted by Crippen LogP contribution is -2.48. The maximum Gasteiger partial charge on any atom is 0.243 e. The molecule has 1 aliphatic heterocycles. The minimum atomic E-state index is -3.70. The molecule has 0 aromatic heterocycles. The predicted octanol–water partition coefficient (Wildman–Crippen LogP) is 2.31. The highest BCUT2D eigenvalue weighted by Crippen LogP contribution is 2.23. The summed E-state index contributed by atoms with van der Waals surface area (Å²) in [6.45, 7) is 9.36. The molecule has 1 aromatic carbocycles. The number of ether oxygens (including phenoxy) is 1. The van der Waals surface area contributed by atoms with Crippen molar-refractivity contribution in [2.45, 2.75) is 75.7 Å². The molecule has 0 saturated carbocycles. The quantitative estimate of drug-likeness (QED) is 0.514. The molecule has 0 bridgehead atoms. The van der Waals surface area contributed by atoms with Crippen LogP contribution in [-0.4, -0.2) is 63.6 Å². The standard InChI is InChI=1S/C21H35N3O6S2/c1-16-14-24(15-17(2)30-16)31(26,27)19-10-8-9-18(13-19)23-20(25)11-6-7-12-22-32(28,29)21(3,4)5/h8-10,13,16-17,22H,6-7,11-12,14-15H2,1-5H3,(H,23,25). The van der Waals surface area contributed by atoms with Crippen LogP contribution in [0.15, 0.2) is 29.2 Å². The number of rotatable bonds is 9. The first-order chi connectivity index (χ1) is 14.7. The monoisotopic (exact) mass is 489 g/mol. The molecule has 0 spiro atoms. The van der Waals surface area contributed by atoms with Gasteiger partial charge in [-0.25, -0.2) is 21.6 Å². The van der Waals surface area contributed by atoms with Crippen LogP contribution in [0.1, 0.15) is 53.9 Å². The van der Waals surface area contributed by atoms with Gasteiger partial charge in [-0.1, -0.05) is 6.07 Å². The zero-order valence-corrected chi connectivity index (χ0v) is 21.1. The summed E-state index contributed by atoms with van der Waals surface area (Å²) in [5.41, 5.74) is 0.402. The molecule has 1 saturated heterocycles. The molecule has 182 valence electrons. The van der Waals surface area contributed by atoms with Crippen LogP contribution in [0.3, 0.4) is 0 Å². The first-order valence-corrected chi connectivity index (χ1v) is 13.7. The normalized spacial score (nSPS) is 20.8. The van der Waals surface area contributed by atoms with Gasteiger partial charge in [-0.2, -0.15) is 4.31 Å². The topological polar surface area (TPSA) is 122 Å². The molecule has 2 N–H and O–H groups in total. The molecule has 1 aromatic rings. The highest BCUT2D eigenvalue weighted by molar-refractivity contribution is 7.90. The maximum absolute atomic E-state index is 13.0. The number of sulfonamides is 2. The van der Waals surface area contributed by atoms with Crippen LogP contribution in [0.2, 0.25) is 0 Å². The molecular formula is C21H35N3O6S2. The van der Waals surface area contributed by atoms with Gasteiger partial charge in [0.2, 0.25) is 26.0 Å². The number of nitrogens with zero attached hydrogens (tertiary/aromatic N) is 1. The Hall–Kier alpha value is -1.53. The van der Waals surface area contributed by atoms with E-state index in [2.05, 4.69) is 10.0 Å². The van der Waals surface area contributed by atoms with Crippen molar-refractivity contribution in [2.75, 3.05) is 25.0 Å². The largest absolute Gasteiger partial charge is 0.373 e. The van der Waals surface area contributed by atoms with E-state index < -0.39 is 24.8 Å². The first kappa shape index (κ1) is 26.7. The van der Waals surface area contributed by atoms with Crippen molar-refractivity contribution in [3.8, 4) is 0 Å². The molecule has 1 aliphatic rings. The molecule has 32 heavy (non-hydrogen) atoms. The number of hydrogen-bond donors (Lipinski definition) is 2. The second-order valence-electron chi connectivity index (χ2n) is 9.12. The Balaban J connectivity index is 1.89. The van der Waals surface area contributed by atoms with Crippen LogP contribution in [-0.2, 0) is 29.6 Å². The summed E-state index contributed by atoms with van der Waals surface area (Å²) in [4.78, 5) is 12.4. The highest BCUT2D eigenvalue weighted by atomic mass is 32.2. The second kappa shape index (κ2) is 10.6. The van der Waals surface area contributed by atoms with Crippen LogP contribution in [0, 0.1) is 0 Å². The Bertz CT molecular complexity index is 993. The number of amides is 1. The summed E-state index contributed by atoms with van der Waals surface area (Å²) in [6, 6.07) is 6.20. The number of unbranched alkanes of at least 4 members (excludes halogenated alkanes) is 1. The maximum atomic E-state index is 13.0. The lowest BCUT2D eigenvalue weighted by molar-refractivity contribution is -0.116. The third-order valence-corrected chi connectivity index (χ3v) is 9.09. The Labute approximate surface area is 192 Å². The van der Waals surface area contributed by atoms with Crippen molar-refractivity contribution in [3.63, 3.8) is 0 Å². The zero-order valence-electron chi connectivity index (χ0n) is 19.4. The third-order valence-electron chi connectivity index (χ3n) is 5.07. The van der Waals surface area contributed by atoms with E-state index in [1.807, 2.05) is 13.8 Å². The average Bonchev–Trinajstić information content (AvgIpc) is 2.66. The van der Waals surface area contributed by atoms with Gasteiger partial charge in [0.15, 0.2) is 0 Å². The number of morpholine rings is 1. The van der Waals surface area contributed by atoms with E-state index in [0.717, 1.165) is 0 Å². The fourth-order valence-corrected chi connectivity index (χ4v) is 5.75. The van der Waals surface area contributed by atoms with Crippen molar-refractivity contribution < 1.29 is 26.4 Å². The van der Waals surface area contributed by atoms with Gasteiger partial charge in [-0.05, 0) is 65.7 Å². The lowest BCUT2D eigenvalue weighted by Gasteiger charge is -2.34. The molecule has 1 amide bonds. The van der Waals surface area contributed by atoms with Gasteiger partial charge in [0.05, 0.1) is 21.9 Å². The zero-order chi connectivity index (χ0) is 24.2. The van der Waals surface area contributed by atoms with Crippen molar-refractivity contribution in [1.29, 1.82) is 0 Å². The van der Waals surface area contributed by atoms with Crippen molar-refractivity contribution in [2.24, 2.45) is 0 Å². The molecule has 2 rings (SSSR count). The van der Waals surface area contributed by atoms with Crippen LogP contribution < -0.4 is 10.0 Å². The number of carbonyl (C=O) groups is 1. The second-order valence-corrected chi connectivity index (χ2v) is 13.6. The molecule has 1 heterocycles. The average molecular weight is 490 g/mol. The molecule has 9 nitrogen and oxygen atoms in total. The van der Waals surface area contributed by atoms with E-state index >= 15 is 0 Å². The smallest absolute Gasteiger partial charge is 0.243 e. The SMILES string of the molecule is CC1CN(S(=O)(=O)c2cccc(NC(=O)CCCCNS(=O)(=O)C(C)(C)C)c2)CC(C)O1. The van der Waals surface area contributed by atoms with Gasteiger partial charge in [0.1, 0.15) is 0 Å². The minimum absolute atomic E-state index is 0.119. The van der Waals surface area contributed by atoms with E-state index in [9.17, 15) is 21.6 Å². The Kier molecular flexibility index (Phi) is 8.85. The highest BCUT2D eigenvalue weighted by Gasteiger charge is 2.32. The van der Waals surface area contributed by atoms with Crippen molar-refractivity contribution >= 4 is 31.6 Å². The Morgan fingerprint density at radius 3 is 2.31 bits per heavy atom. The summed E-state index contributed by atoms with van der Waals surface area (Å²) >= 11 is 0. The number of benzene rings is 1.